The largest absolute Gasteiger partial charge is 0.320 e. The first-order valence-electron chi connectivity index (χ1n) is 5.86. The monoisotopic (exact) mass is 245 g/mol. The minimum Gasteiger partial charge on any atom is -0.320 e. The SMILES string of the molecule is C#C.C/C=C\c1c(C)cccc1C=O.CCNC. The van der Waals surface area contributed by atoms with Gasteiger partial charge in [-0.25, -0.2) is 0 Å². The van der Waals surface area contributed by atoms with E-state index in [1.165, 1.54) is 0 Å². The van der Waals surface area contributed by atoms with Gasteiger partial charge in [0.1, 0.15) is 0 Å². The maximum atomic E-state index is 10.6. The fourth-order valence-corrected chi connectivity index (χ4v) is 1.20. The van der Waals surface area contributed by atoms with Crippen LogP contribution in [-0.2, 0) is 0 Å². The number of hydrogen-bond donors (Lipinski definition) is 1. The smallest absolute Gasteiger partial charge is 0.150 e. The number of benzene rings is 1. The molecular formula is C16H23NO. The van der Waals surface area contributed by atoms with E-state index in [0.717, 1.165) is 29.5 Å². The van der Waals surface area contributed by atoms with Crippen LogP contribution in [0.15, 0.2) is 24.3 Å². The molecule has 2 heteroatoms. The summed E-state index contributed by atoms with van der Waals surface area (Å²) in [7, 11) is 1.93. The maximum absolute atomic E-state index is 10.6. The molecule has 0 heterocycles. The lowest BCUT2D eigenvalue weighted by Gasteiger charge is -2.02. The zero-order chi connectivity index (χ0) is 14.4. The normalized spacial score (nSPS) is 8.78. The van der Waals surface area contributed by atoms with Gasteiger partial charge in [0.05, 0.1) is 0 Å². The molecule has 0 aromatic heterocycles. The molecule has 0 bridgehead atoms. The Hall–Kier alpha value is -1.85. The Bertz CT molecular complexity index is 376. The van der Waals surface area contributed by atoms with Crippen LogP contribution in [0.2, 0.25) is 0 Å². The van der Waals surface area contributed by atoms with Crippen LogP contribution >= 0.6 is 0 Å². The topological polar surface area (TPSA) is 29.1 Å². The molecule has 0 unspecified atom stereocenters. The molecule has 0 aliphatic heterocycles. The number of terminal acetylenes is 1. The summed E-state index contributed by atoms with van der Waals surface area (Å²) in [6, 6.07) is 5.73. The van der Waals surface area contributed by atoms with Crippen LogP contribution in [0.1, 0.15) is 35.3 Å². The van der Waals surface area contributed by atoms with Crippen molar-refractivity contribution in [2.45, 2.75) is 20.8 Å². The van der Waals surface area contributed by atoms with E-state index >= 15 is 0 Å². The molecular weight excluding hydrogens is 222 g/mol. The molecule has 98 valence electrons. The number of carbonyl (C=O) groups is 1. The minimum absolute atomic E-state index is 0.758. The highest BCUT2D eigenvalue weighted by Gasteiger charge is 1.99. The van der Waals surface area contributed by atoms with Crippen molar-refractivity contribution in [3.63, 3.8) is 0 Å². The van der Waals surface area contributed by atoms with Crippen LogP contribution in [0.25, 0.3) is 6.08 Å². The minimum atomic E-state index is 0.758. The Morgan fingerprint density at radius 2 is 1.89 bits per heavy atom. The molecule has 1 rings (SSSR count). The highest BCUT2D eigenvalue weighted by Crippen LogP contribution is 2.13. The summed E-state index contributed by atoms with van der Waals surface area (Å²) in [5.41, 5.74) is 2.92. The predicted octanol–water partition coefficient (Wildman–Crippen LogP) is 3.32. The molecule has 1 N–H and O–H groups in total. The Morgan fingerprint density at radius 1 is 1.33 bits per heavy atom. The van der Waals surface area contributed by atoms with Gasteiger partial charge in [-0.3, -0.25) is 4.79 Å². The molecule has 0 spiro atoms. The van der Waals surface area contributed by atoms with Crippen molar-refractivity contribution in [3.05, 3.63) is 41.0 Å². The molecule has 0 radical (unpaired) electrons. The molecule has 18 heavy (non-hydrogen) atoms. The molecule has 0 fully saturated rings. The number of nitrogens with one attached hydrogen (secondary N) is 1. The zero-order valence-corrected chi connectivity index (χ0v) is 11.7. The van der Waals surface area contributed by atoms with Gasteiger partial charge in [-0.15, -0.1) is 12.8 Å². The summed E-state index contributed by atoms with van der Waals surface area (Å²) in [6.45, 7) is 7.09. The quantitative estimate of drug-likeness (QED) is 0.654. The second-order valence-electron chi connectivity index (χ2n) is 3.40. The van der Waals surface area contributed by atoms with Gasteiger partial charge >= 0.3 is 0 Å². The van der Waals surface area contributed by atoms with Crippen LogP contribution in [0.4, 0.5) is 0 Å². The van der Waals surface area contributed by atoms with E-state index in [1.807, 2.05) is 51.2 Å². The summed E-state index contributed by atoms with van der Waals surface area (Å²) in [5.74, 6) is 0. The first-order chi connectivity index (χ1) is 8.71. The van der Waals surface area contributed by atoms with Gasteiger partial charge in [-0.2, -0.15) is 0 Å². The van der Waals surface area contributed by atoms with E-state index < -0.39 is 0 Å². The number of carbonyl (C=O) groups excluding carboxylic acids is 1. The average molecular weight is 245 g/mol. The fourth-order valence-electron chi connectivity index (χ4n) is 1.20. The lowest BCUT2D eigenvalue weighted by molar-refractivity contribution is 0.112. The Labute approximate surface area is 111 Å². The standard InChI is InChI=1S/C11H12O.C3H9N.C2H2/c1-3-5-11-9(2)6-4-7-10(11)8-12;1-3-4-2;1-2/h3-8H,1-2H3;4H,3H2,1-2H3;1-2H/b5-3-;;. The van der Waals surface area contributed by atoms with Gasteiger partial charge in [-0.05, 0) is 38.6 Å². The summed E-state index contributed by atoms with van der Waals surface area (Å²) < 4.78 is 0. The fraction of sp³-hybridized carbons (Fsp3) is 0.312. The van der Waals surface area contributed by atoms with Crippen molar-refractivity contribution in [1.29, 1.82) is 0 Å². The predicted molar refractivity (Wildman–Crippen MR) is 80.8 cm³/mol. The lowest BCUT2D eigenvalue weighted by atomic mass is 10.0. The van der Waals surface area contributed by atoms with Gasteiger partial charge in [0.25, 0.3) is 0 Å². The number of rotatable bonds is 3. The number of aldehydes is 1. The third-order valence-electron chi connectivity index (χ3n) is 2.17. The van der Waals surface area contributed by atoms with Crippen LogP contribution in [0, 0.1) is 19.8 Å². The highest BCUT2D eigenvalue weighted by molar-refractivity contribution is 5.82. The molecule has 0 aliphatic rings. The van der Waals surface area contributed by atoms with Crippen LogP contribution in [-0.4, -0.2) is 19.9 Å². The van der Waals surface area contributed by atoms with Gasteiger partial charge < -0.3 is 5.32 Å². The van der Waals surface area contributed by atoms with Crippen molar-refractivity contribution in [3.8, 4) is 12.8 Å². The van der Waals surface area contributed by atoms with Gasteiger partial charge in [0.15, 0.2) is 6.29 Å². The first kappa shape index (κ1) is 18.5. The average Bonchev–Trinajstić information content (AvgIpc) is 2.43. The van der Waals surface area contributed by atoms with Crippen LogP contribution in [0.3, 0.4) is 0 Å². The van der Waals surface area contributed by atoms with E-state index in [-0.39, 0.29) is 0 Å². The van der Waals surface area contributed by atoms with E-state index in [0.29, 0.717) is 0 Å². The number of aryl methyl sites for hydroxylation is 1. The second kappa shape index (κ2) is 13.2. The number of hydrogen-bond acceptors (Lipinski definition) is 2. The van der Waals surface area contributed by atoms with Crippen LogP contribution in [0.5, 0.6) is 0 Å². The van der Waals surface area contributed by atoms with Gasteiger partial charge in [0, 0.05) is 5.56 Å². The molecule has 0 saturated carbocycles. The zero-order valence-electron chi connectivity index (χ0n) is 11.7. The van der Waals surface area contributed by atoms with Gasteiger partial charge in [-0.1, -0.05) is 37.3 Å². The third kappa shape index (κ3) is 7.43. The van der Waals surface area contributed by atoms with E-state index in [4.69, 9.17) is 0 Å². The molecule has 2 nitrogen and oxygen atoms in total. The summed E-state index contributed by atoms with van der Waals surface area (Å²) in [6.07, 6.45) is 12.8. The van der Waals surface area contributed by atoms with Gasteiger partial charge in [0.2, 0.25) is 0 Å². The van der Waals surface area contributed by atoms with Crippen molar-refractivity contribution in [2.24, 2.45) is 0 Å². The van der Waals surface area contributed by atoms with E-state index in [9.17, 15) is 4.79 Å². The van der Waals surface area contributed by atoms with Crippen molar-refractivity contribution < 1.29 is 4.79 Å². The molecule has 0 amide bonds. The molecule has 0 atom stereocenters. The lowest BCUT2D eigenvalue weighted by Crippen LogP contribution is -2.01. The Morgan fingerprint density at radius 3 is 2.28 bits per heavy atom. The molecule has 0 saturated heterocycles. The molecule has 0 aliphatic carbocycles. The second-order valence-corrected chi connectivity index (χ2v) is 3.40. The molecule has 1 aromatic rings. The summed E-state index contributed by atoms with van der Waals surface area (Å²) in [4.78, 5) is 10.6. The van der Waals surface area contributed by atoms with Crippen LogP contribution < -0.4 is 5.32 Å². The Balaban J connectivity index is 0. The Kier molecular flexibility index (Phi) is 13.6. The van der Waals surface area contributed by atoms with E-state index in [2.05, 4.69) is 25.1 Å². The van der Waals surface area contributed by atoms with Crippen molar-refractivity contribution in [1.82, 2.24) is 5.32 Å². The van der Waals surface area contributed by atoms with Crippen molar-refractivity contribution in [2.75, 3.05) is 13.6 Å². The summed E-state index contributed by atoms with van der Waals surface area (Å²) in [5, 5.41) is 2.93. The highest BCUT2D eigenvalue weighted by atomic mass is 16.1. The van der Waals surface area contributed by atoms with E-state index in [1.54, 1.807) is 0 Å². The molecule has 1 aromatic carbocycles. The number of allylic oxidation sites excluding steroid dienone is 1. The third-order valence-corrected chi connectivity index (χ3v) is 2.17. The van der Waals surface area contributed by atoms with Crippen molar-refractivity contribution >= 4 is 12.4 Å². The maximum Gasteiger partial charge on any atom is 0.150 e. The summed E-state index contributed by atoms with van der Waals surface area (Å²) >= 11 is 0. The first-order valence-corrected chi connectivity index (χ1v) is 5.86.